The molecule has 0 spiro atoms. The fourth-order valence-electron chi connectivity index (χ4n) is 2.39. The molecule has 0 aliphatic heterocycles. The number of fused-ring (bicyclic) bond motifs is 1. The average Bonchev–Trinajstić information content (AvgIpc) is 2.85. The molecule has 1 aromatic heterocycles. The second-order valence-electron chi connectivity index (χ2n) is 4.61. The first kappa shape index (κ1) is 14.7. The summed E-state index contributed by atoms with van der Waals surface area (Å²) in [5, 5.41) is 0. The van der Waals surface area contributed by atoms with E-state index in [9.17, 15) is 0 Å². The van der Waals surface area contributed by atoms with Gasteiger partial charge in [-0.2, -0.15) is 0 Å². The number of nitrogens with zero attached hydrogens (tertiary/aromatic N) is 2. The van der Waals surface area contributed by atoms with Crippen LogP contribution in [0.5, 0.6) is 5.75 Å². The van der Waals surface area contributed by atoms with Gasteiger partial charge in [0.25, 0.3) is 0 Å². The van der Waals surface area contributed by atoms with Gasteiger partial charge in [0.1, 0.15) is 11.6 Å². The molecule has 2 aromatic carbocycles. The van der Waals surface area contributed by atoms with Crippen LogP contribution >= 0.6 is 34.2 Å². The van der Waals surface area contributed by atoms with Gasteiger partial charge in [-0.1, -0.05) is 12.1 Å². The molecule has 0 N–H and O–H groups in total. The summed E-state index contributed by atoms with van der Waals surface area (Å²) in [5.74, 6) is 2.34. The highest BCUT2D eigenvalue weighted by Gasteiger charge is 2.14. The van der Waals surface area contributed by atoms with E-state index >= 15 is 0 Å². The van der Waals surface area contributed by atoms with Crippen molar-refractivity contribution in [2.75, 3.05) is 13.0 Å². The Bertz CT molecular complexity index is 785. The number of hydrogen-bond donors (Lipinski definition) is 0. The average molecular weight is 413 g/mol. The van der Waals surface area contributed by atoms with Crippen LogP contribution in [0.25, 0.3) is 16.7 Å². The highest BCUT2D eigenvalue weighted by Crippen LogP contribution is 2.28. The van der Waals surface area contributed by atoms with Crippen molar-refractivity contribution in [3.63, 3.8) is 0 Å². The topological polar surface area (TPSA) is 27.1 Å². The van der Waals surface area contributed by atoms with Crippen LogP contribution in [0.4, 0.5) is 0 Å². The van der Waals surface area contributed by atoms with Gasteiger partial charge in [-0.3, -0.25) is 4.57 Å². The first-order valence-electron chi connectivity index (χ1n) is 6.61. The van der Waals surface area contributed by atoms with Crippen LogP contribution in [0, 0.1) is 3.57 Å². The fourth-order valence-corrected chi connectivity index (χ4v) is 3.18. The van der Waals surface area contributed by atoms with Crippen LogP contribution < -0.4 is 4.74 Å². The van der Waals surface area contributed by atoms with Crippen molar-refractivity contribution in [2.24, 2.45) is 0 Å². The van der Waals surface area contributed by atoms with Gasteiger partial charge in [-0.05, 0) is 46.9 Å². The number of rotatable bonds is 4. The molecule has 21 heavy (non-hydrogen) atoms. The fraction of sp³-hybridized carbons (Fsp3) is 0.188. The first-order chi connectivity index (χ1) is 10.2. The Labute approximate surface area is 142 Å². The monoisotopic (exact) mass is 412 g/mol. The third-order valence-electron chi connectivity index (χ3n) is 3.34. The van der Waals surface area contributed by atoms with Crippen LogP contribution in [0.15, 0.2) is 42.5 Å². The Morgan fingerprint density at radius 1 is 1.24 bits per heavy atom. The van der Waals surface area contributed by atoms with E-state index in [1.54, 1.807) is 7.11 Å². The van der Waals surface area contributed by atoms with Crippen molar-refractivity contribution >= 4 is 45.2 Å². The van der Waals surface area contributed by atoms with Gasteiger partial charge in [-0.15, -0.1) is 11.6 Å². The standard InChI is InChI=1S/C16H14ClIN2O/c1-21-11-6-7-13-15(10-11)20(16(19-13)8-9-17)14-5-3-2-4-12(14)18/h2-7,10H,8-9H2,1H3. The van der Waals surface area contributed by atoms with Crippen LogP contribution in [0.3, 0.4) is 0 Å². The predicted octanol–water partition coefficient (Wildman–Crippen LogP) is 4.42. The summed E-state index contributed by atoms with van der Waals surface area (Å²) in [4.78, 5) is 4.71. The van der Waals surface area contributed by atoms with E-state index in [2.05, 4.69) is 39.3 Å². The maximum Gasteiger partial charge on any atom is 0.121 e. The van der Waals surface area contributed by atoms with Crippen molar-refractivity contribution < 1.29 is 4.74 Å². The molecule has 0 bridgehead atoms. The Hall–Kier alpha value is -1.27. The molecule has 5 heteroatoms. The maximum atomic E-state index is 5.94. The van der Waals surface area contributed by atoms with Crippen LogP contribution in [-0.2, 0) is 6.42 Å². The summed E-state index contributed by atoms with van der Waals surface area (Å²) in [5.41, 5.74) is 3.11. The van der Waals surface area contributed by atoms with Crippen molar-refractivity contribution in [2.45, 2.75) is 6.42 Å². The number of ether oxygens (including phenoxy) is 1. The molecule has 0 saturated heterocycles. The van der Waals surface area contributed by atoms with Crippen LogP contribution in [0.1, 0.15) is 5.82 Å². The van der Waals surface area contributed by atoms with E-state index in [0.29, 0.717) is 5.88 Å². The lowest BCUT2D eigenvalue weighted by molar-refractivity contribution is 0.415. The molecule has 0 amide bonds. The summed E-state index contributed by atoms with van der Waals surface area (Å²) in [6.07, 6.45) is 0.726. The zero-order valence-corrected chi connectivity index (χ0v) is 14.4. The number of hydrogen-bond acceptors (Lipinski definition) is 2. The Balaban J connectivity index is 2.31. The number of aryl methyl sites for hydroxylation is 1. The van der Waals surface area contributed by atoms with Crippen molar-refractivity contribution in [3.8, 4) is 11.4 Å². The van der Waals surface area contributed by atoms with Gasteiger partial charge in [0, 0.05) is 21.9 Å². The Kier molecular flexibility index (Phi) is 4.35. The smallest absolute Gasteiger partial charge is 0.121 e. The second kappa shape index (κ2) is 6.23. The summed E-state index contributed by atoms with van der Waals surface area (Å²) in [7, 11) is 1.67. The predicted molar refractivity (Wildman–Crippen MR) is 94.8 cm³/mol. The Morgan fingerprint density at radius 2 is 2.05 bits per heavy atom. The molecule has 0 aliphatic carbocycles. The van der Waals surface area contributed by atoms with Gasteiger partial charge in [-0.25, -0.2) is 4.98 Å². The van der Waals surface area contributed by atoms with E-state index < -0.39 is 0 Å². The number of halogens is 2. The quantitative estimate of drug-likeness (QED) is 0.468. The van der Waals surface area contributed by atoms with E-state index in [-0.39, 0.29) is 0 Å². The van der Waals surface area contributed by atoms with Crippen molar-refractivity contribution in [1.29, 1.82) is 0 Å². The third-order valence-corrected chi connectivity index (χ3v) is 4.44. The molecule has 0 fully saturated rings. The van der Waals surface area contributed by atoms with Crippen molar-refractivity contribution in [3.05, 3.63) is 51.9 Å². The van der Waals surface area contributed by atoms with E-state index in [1.807, 2.05) is 30.3 Å². The highest BCUT2D eigenvalue weighted by molar-refractivity contribution is 14.1. The Morgan fingerprint density at radius 3 is 2.76 bits per heavy atom. The molecule has 0 atom stereocenters. The molecule has 108 valence electrons. The molecule has 0 radical (unpaired) electrons. The minimum Gasteiger partial charge on any atom is -0.497 e. The molecule has 3 nitrogen and oxygen atoms in total. The zero-order valence-electron chi connectivity index (χ0n) is 11.5. The number of alkyl halides is 1. The lowest BCUT2D eigenvalue weighted by Gasteiger charge is -2.11. The molecule has 0 unspecified atom stereocenters. The number of benzene rings is 2. The third kappa shape index (κ3) is 2.74. The maximum absolute atomic E-state index is 5.94. The van der Waals surface area contributed by atoms with Gasteiger partial charge >= 0.3 is 0 Å². The molecule has 3 aromatic rings. The lowest BCUT2D eigenvalue weighted by Crippen LogP contribution is -2.04. The number of imidazole rings is 1. The summed E-state index contributed by atoms with van der Waals surface area (Å²) < 4.78 is 8.69. The zero-order chi connectivity index (χ0) is 14.8. The lowest BCUT2D eigenvalue weighted by atomic mass is 10.2. The molecular weight excluding hydrogens is 399 g/mol. The van der Waals surface area contributed by atoms with E-state index in [1.165, 1.54) is 3.57 Å². The largest absolute Gasteiger partial charge is 0.497 e. The number of para-hydroxylation sites is 1. The normalized spacial score (nSPS) is 11.0. The molecular formula is C16H14ClIN2O. The van der Waals surface area contributed by atoms with Gasteiger partial charge in [0.05, 0.1) is 23.8 Å². The molecule has 1 heterocycles. The minimum absolute atomic E-state index is 0.546. The van der Waals surface area contributed by atoms with Crippen LogP contribution in [0.2, 0.25) is 0 Å². The SMILES string of the molecule is COc1ccc2nc(CCCl)n(-c3ccccc3I)c2c1. The summed E-state index contributed by atoms with van der Waals surface area (Å²) in [6.45, 7) is 0. The van der Waals surface area contributed by atoms with E-state index in [4.69, 9.17) is 21.3 Å². The van der Waals surface area contributed by atoms with E-state index in [0.717, 1.165) is 34.7 Å². The van der Waals surface area contributed by atoms with Gasteiger partial charge in [0.15, 0.2) is 0 Å². The summed E-state index contributed by atoms with van der Waals surface area (Å²) in [6, 6.07) is 14.2. The van der Waals surface area contributed by atoms with Gasteiger partial charge < -0.3 is 4.74 Å². The minimum atomic E-state index is 0.546. The number of aromatic nitrogens is 2. The molecule has 3 rings (SSSR count). The van der Waals surface area contributed by atoms with Crippen LogP contribution in [-0.4, -0.2) is 22.5 Å². The number of methoxy groups -OCH3 is 1. The highest BCUT2D eigenvalue weighted by atomic mass is 127. The van der Waals surface area contributed by atoms with Gasteiger partial charge in [0.2, 0.25) is 0 Å². The molecule has 0 aliphatic rings. The summed E-state index contributed by atoms with van der Waals surface area (Å²) >= 11 is 8.29. The van der Waals surface area contributed by atoms with Crippen molar-refractivity contribution in [1.82, 2.24) is 9.55 Å². The second-order valence-corrected chi connectivity index (χ2v) is 6.15. The molecule has 0 saturated carbocycles. The first-order valence-corrected chi connectivity index (χ1v) is 8.22.